The van der Waals surface area contributed by atoms with E-state index < -0.39 is 30.2 Å². The first-order valence-electron chi connectivity index (χ1n) is 12.3. The number of likely N-dealkylation sites (tertiary alicyclic amines) is 1. The number of benzene rings is 2. The Morgan fingerprint density at radius 3 is 2.33 bits per heavy atom. The van der Waals surface area contributed by atoms with E-state index in [4.69, 9.17) is 4.74 Å². The number of anilines is 1. The van der Waals surface area contributed by atoms with Crippen LogP contribution in [-0.2, 0) is 30.3 Å². The van der Waals surface area contributed by atoms with Gasteiger partial charge in [0, 0.05) is 37.8 Å². The smallest absolute Gasteiger partial charge is 0.319 e. The van der Waals surface area contributed by atoms with Crippen molar-refractivity contribution in [3.63, 3.8) is 0 Å². The summed E-state index contributed by atoms with van der Waals surface area (Å²) in [4.78, 5) is 52.9. The van der Waals surface area contributed by atoms with Gasteiger partial charge in [-0.15, -0.1) is 0 Å². The molecule has 0 spiro atoms. The number of nitrogens with one attached hydrogen (secondary N) is 1. The SMILES string of the molecule is O=C(CCc1ccccc1)NC1CCN(C(=O)COC(=O)C2CCN(c3ccc(F)cc3)C2=O)CC1. The molecule has 0 radical (unpaired) electrons. The van der Waals surface area contributed by atoms with Crippen molar-refractivity contribution in [1.29, 1.82) is 0 Å². The van der Waals surface area contributed by atoms with E-state index in [9.17, 15) is 23.6 Å². The monoisotopic (exact) mass is 495 g/mol. The summed E-state index contributed by atoms with van der Waals surface area (Å²) in [7, 11) is 0. The molecule has 0 aliphatic carbocycles. The number of rotatable bonds is 8. The molecule has 4 rings (SSSR count). The third kappa shape index (κ3) is 6.47. The molecule has 8 nitrogen and oxygen atoms in total. The maximum Gasteiger partial charge on any atom is 0.319 e. The van der Waals surface area contributed by atoms with Crippen LogP contribution in [0.15, 0.2) is 54.6 Å². The minimum absolute atomic E-state index is 0.00604. The highest BCUT2D eigenvalue weighted by atomic mass is 19.1. The van der Waals surface area contributed by atoms with Crippen molar-refractivity contribution in [2.45, 2.75) is 38.1 Å². The number of esters is 1. The summed E-state index contributed by atoms with van der Waals surface area (Å²) < 4.78 is 18.3. The molecule has 2 aliphatic heterocycles. The van der Waals surface area contributed by atoms with Crippen molar-refractivity contribution >= 4 is 29.4 Å². The molecule has 9 heteroatoms. The van der Waals surface area contributed by atoms with E-state index in [0.717, 1.165) is 5.56 Å². The molecule has 2 fully saturated rings. The van der Waals surface area contributed by atoms with Gasteiger partial charge in [0.2, 0.25) is 11.8 Å². The molecule has 0 saturated carbocycles. The molecule has 190 valence electrons. The van der Waals surface area contributed by atoms with Gasteiger partial charge in [0.15, 0.2) is 6.61 Å². The van der Waals surface area contributed by atoms with Crippen LogP contribution >= 0.6 is 0 Å². The summed E-state index contributed by atoms with van der Waals surface area (Å²) in [5, 5.41) is 3.04. The predicted octanol–water partition coefficient (Wildman–Crippen LogP) is 2.46. The number of amides is 3. The lowest BCUT2D eigenvalue weighted by Gasteiger charge is -2.32. The van der Waals surface area contributed by atoms with Gasteiger partial charge in [0.1, 0.15) is 11.7 Å². The topological polar surface area (TPSA) is 96.0 Å². The number of hydrogen-bond donors (Lipinski definition) is 1. The van der Waals surface area contributed by atoms with Crippen LogP contribution < -0.4 is 10.2 Å². The summed E-state index contributed by atoms with van der Waals surface area (Å²) in [6.07, 6.45) is 2.63. The Labute approximate surface area is 209 Å². The number of piperidine rings is 1. The summed E-state index contributed by atoms with van der Waals surface area (Å²) in [6.45, 7) is 0.817. The van der Waals surface area contributed by atoms with Crippen molar-refractivity contribution < 1.29 is 28.3 Å². The molecular weight excluding hydrogens is 465 g/mol. The molecular formula is C27H30FN3O5. The minimum atomic E-state index is -0.973. The first-order valence-corrected chi connectivity index (χ1v) is 12.3. The second-order valence-corrected chi connectivity index (χ2v) is 9.12. The van der Waals surface area contributed by atoms with Crippen LogP contribution in [0.25, 0.3) is 0 Å². The average molecular weight is 496 g/mol. The Bertz CT molecular complexity index is 1080. The number of aryl methyl sites for hydroxylation is 1. The van der Waals surface area contributed by atoms with Crippen LogP contribution in [0.5, 0.6) is 0 Å². The highest BCUT2D eigenvalue weighted by molar-refractivity contribution is 6.08. The minimum Gasteiger partial charge on any atom is -0.455 e. The van der Waals surface area contributed by atoms with E-state index in [1.54, 1.807) is 4.90 Å². The van der Waals surface area contributed by atoms with Crippen molar-refractivity contribution in [3.8, 4) is 0 Å². The number of nitrogens with zero attached hydrogens (tertiary/aromatic N) is 2. The molecule has 2 aliphatic rings. The van der Waals surface area contributed by atoms with Crippen molar-refractivity contribution in [2.75, 3.05) is 31.1 Å². The van der Waals surface area contributed by atoms with Gasteiger partial charge in [-0.1, -0.05) is 30.3 Å². The Hall–Kier alpha value is -3.75. The number of halogens is 1. The first-order chi connectivity index (χ1) is 17.4. The van der Waals surface area contributed by atoms with Gasteiger partial charge in [-0.2, -0.15) is 0 Å². The fourth-order valence-corrected chi connectivity index (χ4v) is 4.58. The van der Waals surface area contributed by atoms with Gasteiger partial charge in [0.25, 0.3) is 5.91 Å². The molecule has 0 bridgehead atoms. The maximum atomic E-state index is 13.1. The summed E-state index contributed by atoms with van der Waals surface area (Å²) in [6, 6.07) is 15.3. The molecule has 1 unspecified atom stereocenters. The van der Waals surface area contributed by atoms with E-state index in [2.05, 4.69) is 5.32 Å². The first kappa shape index (κ1) is 25.3. The zero-order chi connectivity index (χ0) is 25.5. The van der Waals surface area contributed by atoms with Gasteiger partial charge < -0.3 is 19.9 Å². The second kappa shape index (κ2) is 11.8. The molecule has 36 heavy (non-hydrogen) atoms. The molecule has 2 aromatic carbocycles. The lowest BCUT2D eigenvalue weighted by molar-refractivity contribution is -0.157. The van der Waals surface area contributed by atoms with Crippen molar-refractivity contribution in [2.24, 2.45) is 5.92 Å². The fraction of sp³-hybridized carbons (Fsp3) is 0.407. The zero-order valence-corrected chi connectivity index (χ0v) is 20.0. The quantitative estimate of drug-likeness (QED) is 0.448. The molecule has 1 N–H and O–H groups in total. The number of carbonyl (C=O) groups is 4. The molecule has 3 amide bonds. The Morgan fingerprint density at radius 2 is 1.64 bits per heavy atom. The van der Waals surface area contributed by atoms with Gasteiger partial charge in [-0.3, -0.25) is 19.2 Å². The maximum absolute atomic E-state index is 13.1. The predicted molar refractivity (Wildman–Crippen MR) is 130 cm³/mol. The average Bonchev–Trinajstić information content (AvgIpc) is 3.28. The third-order valence-electron chi connectivity index (χ3n) is 6.66. The van der Waals surface area contributed by atoms with Crippen LogP contribution in [-0.4, -0.2) is 60.9 Å². The zero-order valence-electron chi connectivity index (χ0n) is 20.0. The standard InChI is InChI=1S/C27H30FN3O5/c28-20-7-9-22(10-8-20)31-17-14-23(26(31)34)27(35)36-18-25(33)30-15-12-21(13-16-30)29-24(32)11-6-19-4-2-1-3-5-19/h1-5,7-10,21,23H,6,11-18H2,(H,29,32). The molecule has 2 heterocycles. The Balaban J connectivity index is 1.16. The van der Waals surface area contributed by atoms with Crippen molar-refractivity contribution in [1.82, 2.24) is 10.2 Å². The Kier molecular flexibility index (Phi) is 8.30. The largest absolute Gasteiger partial charge is 0.455 e. The third-order valence-corrected chi connectivity index (χ3v) is 6.66. The van der Waals surface area contributed by atoms with Crippen LogP contribution in [0.4, 0.5) is 10.1 Å². The molecule has 1 atom stereocenters. The molecule has 0 aromatic heterocycles. The molecule has 2 saturated heterocycles. The van der Waals surface area contributed by atoms with Crippen LogP contribution in [0.2, 0.25) is 0 Å². The van der Waals surface area contributed by atoms with Gasteiger partial charge >= 0.3 is 5.97 Å². The van der Waals surface area contributed by atoms with Gasteiger partial charge in [-0.25, -0.2) is 4.39 Å². The van der Waals surface area contributed by atoms with Crippen LogP contribution in [0.1, 0.15) is 31.2 Å². The number of carbonyl (C=O) groups excluding carboxylic acids is 4. The summed E-state index contributed by atoms with van der Waals surface area (Å²) >= 11 is 0. The fourth-order valence-electron chi connectivity index (χ4n) is 4.58. The Morgan fingerprint density at radius 1 is 0.944 bits per heavy atom. The van der Waals surface area contributed by atoms with Gasteiger partial charge in [-0.05, 0) is 55.5 Å². The highest BCUT2D eigenvalue weighted by Gasteiger charge is 2.39. The normalized spacial score (nSPS) is 18.2. The van der Waals surface area contributed by atoms with E-state index in [1.165, 1.54) is 29.2 Å². The van der Waals surface area contributed by atoms with Crippen molar-refractivity contribution in [3.05, 3.63) is 66.0 Å². The van der Waals surface area contributed by atoms with E-state index in [-0.39, 0.29) is 24.3 Å². The number of ether oxygens (including phenoxy) is 1. The summed E-state index contributed by atoms with van der Waals surface area (Å²) in [5.41, 5.74) is 1.63. The number of hydrogen-bond acceptors (Lipinski definition) is 5. The summed E-state index contributed by atoms with van der Waals surface area (Å²) in [5.74, 6) is -2.85. The van der Waals surface area contributed by atoms with Crippen LogP contribution in [0, 0.1) is 11.7 Å². The van der Waals surface area contributed by atoms with E-state index >= 15 is 0 Å². The van der Waals surface area contributed by atoms with Crippen LogP contribution in [0.3, 0.4) is 0 Å². The highest BCUT2D eigenvalue weighted by Crippen LogP contribution is 2.26. The lowest BCUT2D eigenvalue weighted by Crippen LogP contribution is -2.47. The second-order valence-electron chi connectivity index (χ2n) is 9.12. The van der Waals surface area contributed by atoms with Gasteiger partial charge in [0.05, 0.1) is 0 Å². The lowest BCUT2D eigenvalue weighted by atomic mass is 10.0. The van der Waals surface area contributed by atoms with E-state index in [0.29, 0.717) is 51.0 Å². The van der Waals surface area contributed by atoms with E-state index in [1.807, 2.05) is 30.3 Å². The molecule has 2 aromatic rings.